The van der Waals surface area contributed by atoms with E-state index in [0.717, 1.165) is 46.2 Å². The molecule has 0 spiro atoms. The molecule has 0 bridgehead atoms. The molecule has 0 radical (unpaired) electrons. The lowest BCUT2D eigenvalue weighted by Gasteiger charge is -2.24. The van der Waals surface area contributed by atoms with Gasteiger partial charge in [0.1, 0.15) is 11.6 Å². The molecular formula is C23H25FN4O. The molecule has 0 aromatic carbocycles. The van der Waals surface area contributed by atoms with Gasteiger partial charge in [-0.1, -0.05) is 25.3 Å². The van der Waals surface area contributed by atoms with Crippen LogP contribution in [0.5, 0.6) is 0 Å². The third kappa shape index (κ3) is 3.31. The number of fused-ring (bicyclic) bond motifs is 1. The number of imidazole rings is 1. The summed E-state index contributed by atoms with van der Waals surface area (Å²) in [6, 6.07) is 2.43. The van der Waals surface area contributed by atoms with E-state index in [1.54, 1.807) is 6.08 Å². The van der Waals surface area contributed by atoms with Gasteiger partial charge in [-0.3, -0.25) is 0 Å². The minimum Gasteiger partial charge on any atom is -0.390 e. The van der Waals surface area contributed by atoms with Crippen molar-refractivity contribution in [3.8, 4) is 0 Å². The number of halogens is 1. The Kier molecular flexibility index (Phi) is 4.79. The van der Waals surface area contributed by atoms with Gasteiger partial charge in [-0.05, 0) is 48.6 Å². The maximum absolute atomic E-state index is 13.5. The van der Waals surface area contributed by atoms with E-state index in [1.165, 1.54) is 30.9 Å². The summed E-state index contributed by atoms with van der Waals surface area (Å²) in [6.45, 7) is -0.0469. The van der Waals surface area contributed by atoms with E-state index < -0.39 is 0 Å². The van der Waals surface area contributed by atoms with Crippen molar-refractivity contribution >= 4 is 23.2 Å². The highest BCUT2D eigenvalue weighted by molar-refractivity contribution is 5.88. The number of aromatic amines is 1. The van der Waals surface area contributed by atoms with Crippen LogP contribution in [-0.2, 0) is 6.61 Å². The Morgan fingerprint density at radius 1 is 1.17 bits per heavy atom. The van der Waals surface area contributed by atoms with Crippen molar-refractivity contribution in [2.45, 2.75) is 57.6 Å². The molecule has 0 saturated heterocycles. The number of H-pyrrole nitrogens is 1. The zero-order chi connectivity index (χ0) is 19.8. The minimum atomic E-state index is -0.194. The van der Waals surface area contributed by atoms with Crippen molar-refractivity contribution < 1.29 is 9.50 Å². The minimum absolute atomic E-state index is 0.0469. The summed E-state index contributed by atoms with van der Waals surface area (Å²) in [5.74, 6) is 0.591. The van der Waals surface area contributed by atoms with Crippen LogP contribution < -0.4 is 10.7 Å². The van der Waals surface area contributed by atoms with Crippen LogP contribution in [0, 0.1) is 0 Å². The Morgan fingerprint density at radius 2 is 2.03 bits per heavy atom. The number of nitrogens with one attached hydrogen (secondary N) is 1. The molecule has 0 atom stereocenters. The van der Waals surface area contributed by atoms with E-state index >= 15 is 0 Å². The monoisotopic (exact) mass is 392 g/mol. The molecule has 2 N–H and O–H groups in total. The largest absolute Gasteiger partial charge is 0.390 e. The zero-order valence-electron chi connectivity index (χ0n) is 16.4. The first kappa shape index (κ1) is 18.3. The zero-order valence-corrected chi connectivity index (χ0v) is 16.4. The van der Waals surface area contributed by atoms with Crippen molar-refractivity contribution in [2.24, 2.45) is 4.99 Å². The molecule has 2 aliphatic carbocycles. The van der Waals surface area contributed by atoms with Crippen LogP contribution in [0.3, 0.4) is 0 Å². The Hall–Kier alpha value is -2.73. The molecule has 5 rings (SSSR count). The normalized spacial score (nSPS) is 23.3. The van der Waals surface area contributed by atoms with Crippen LogP contribution in [0.15, 0.2) is 41.4 Å². The molecule has 1 fully saturated rings. The molecule has 0 amide bonds. The van der Waals surface area contributed by atoms with Gasteiger partial charge in [0, 0.05) is 29.9 Å². The van der Waals surface area contributed by atoms with E-state index in [9.17, 15) is 9.50 Å². The number of rotatable bonds is 2. The van der Waals surface area contributed by atoms with Gasteiger partial charge in [-0.25, -0.2) is 14.4 Å². The first-order chi connectivity index (χ1) is 14.2. The quantitative estimate of drug-likeness (QED) is 0.822. The van der Waals surface area contributed by atoms with Gasteiger partial charge < -0.3 is 14.7 Å². The van der Waals surface area contributed by atoms with Gasteiger partial charge in [0.25, 0.3) is 0 Å². The van der Waals surface area contributed by atoms with E-state index in [-0.39, 0.29) is 12.4 Å². The van der Waals surface area contributed by atoms with Crippen molar-refractivity contribution in [1.29, 1.82) is 0 Å². The molecule has 2 aromatic heterocycles. The molecule has 5 nitrogen and oxygen atoms in total. The second-order valence-electron chi connectivity index (χ2n) is 8.00. The predicted octanol–water partition coefficient (Wildman–Crippen LogP) is 3.48. The van der Waals surface area contributed by atoms with Crippen molar-refractivity contribution in [1.82, 2.24) is 14.5 Å². The van der Waals surface area contributed by atoms with E-state index in [0.29, 0.717) is 18.9 Å². The molecule has 6 heteroatoms. The van der Waals surface area contributed by atoms with Crippen LogP contribution in [0.4, 0.5) is 10.2 Å². The molecule has 29 heavy (non-hydrogen) atoms. The SMILES string of the molecule is OCc1cc2c([nH]1)N=CCC2=c1c(=C2C=CC(F)=CC2)ncn1C1CCCCC1. The van der Waals surface area contributed by atoms with Gasteiger partial charge in [0.2, 0.25) is 0 Å². The highest BCUT2D eigenvalue weighted by atomic mass is 19.1. The van der Waals surface area contributed by atoms with Gasteiger partial charge in [0.05, 0.1) is 23.6 Å². The smallest absolute Gasteiger partial charge is 0.137 e. The van der Waals surface area contributed by atoms with E-state index in [1.807, 2.05) is 24.7 Å². The average Bonchev–Trinajstić information content (AvgIpc) is 3.39. The van der Waals surface area contributed by atoms with Gasteiger partial charge in [-0.2, -0.15) is 0 Å². The summed E-state index contributed by atoms with van der Waals surface area (Å²) in [4.78, 5) is 12.5. The Morgan fingerprint density at radius 3 is 2.79 bits per heavy atom. The molecule has 1 aliphatic heterocycles. The molecule has 3 heterocycles. The third-order valence-electron chi connectivity index (χ3n) is 6.18. The Labute approximate surface area is 168 Å². The van der Waals surface area contributed by atoms with Gasteiger partial charge >= 0.3 is 0 Å². The molecule has 1 saturated carbocycles. The number of hydrogen-bond acceptors (Lipinski definition) is 3. The summed E-state index contributed by atoms with van der Waals surface area (Å²) >= 11 is 0. The van der Waals surface area contributed by atoms with Crippen molar-refractivity contribution in [2.75, 3.05) is 0 Å². The Balaban J connectivity index is 1.79. The van der Waals surface area contributed by atoms with Crippen LogP contribution in [0.25, 0.3) is 11.1 Å². The van der Waals surface area contributed by atoms with Crippen LogP contribution in [0.2, 0.25) is 0 Å². The fourth-order valence-corrected chi connectivity index (χ4v) is 4.71. The van der Waals surface area contributed by atoms with Crippen molar-refractivity contribution in [3.63, 3.8) is 0 Å². The first-order valence-electron chi connectivity index (χ1n) is 10.4. The number of aromatic nitrogens is 3. The molecule has 150 valence electrons. The standard InChI is InChI=1S/C23H25FN4O/c24-16-8-6-15(7-9-16)21-22(28(14-26-21)18-4-2-1-3-5-18)19-10-11-25-23-20(19)12-17(13-29)27-23/h6,8-9,11-12,14,18,27,29H,1-5,7,10,13H2. The summed E-state index contributed by atoms with van der Waals surface area (Å²) < 4.78 is 15.9. The van der Waals surface area contributed by atoms with Gasteiger partial charge in [0.15, 0.2) is 0 Å². The van der Waals surface area contributed by atoms with Gasteiger partial charge in [-0.15, -0.1) is 0 Å². The average molecular weight is 392 g/mol. The van der Waals surface area contributed by atoms with Crippen LogP contribution >= 0.6 is 0 Å². The third-order valence-corrected chi connectivity index (χ3v) is 6.18. The van der Waals surface area contributed by atoms with E-state index in [4.69, 9.17) is 4.98 Å². The molecule has 3 aliphatic rings. The predicted molar refractivity (Wildman–Crippen MR) is 112 cm³/mol. The first-order valence-corrected chi connectivity index (χ1v) is 10.4. The lowest BCUT2D eigenvalue weighted by Crippen LogP contribution is -2.37. The Bertz CT molecular complexity index is 1140. The van der Waals surface area contributed by atoms with E-state index in [2.05, 4.69) is 14.5 Å². The number of allylic oxidation sites excluding steroid dienone is 4. The van der Waals surface area contributed by atoms with Crippen LogP contribution in [0.1, 0.15) is 62.2 Å². The number of hydrogen-bond donors (Lipinski definition) is 2. The van der Waals surface area contributed by atoms with Crippen LogP contribution in [-0.4, -0.2) is 25.9 Å². The lowest BCUT2D eigenvalue weighted by molar-refractivity contribution is 0.277. The second-order valence-corrected chi connectivity index (χ2v) is 8.00. The fourth-order valence-electron chi connectivity index (χ4n) is 4.71. The lowest BCUT2D eigenvalue weighted by atomic mass is 9.94. The highest BCUT2D eigenvalue weighted by Crippen LogP contribution is 2.32. The molecule has 2 aromatic rings. The summed E-state index contributed by atoms with van der Waals surface area (Å²) in [5, 5.41) is 11.6. The summed E-state index contributed by atoms with van der Waals surface area (Å²) in [7, 11) is 0. The maximum Gasteiger partial charge on any atom is 0.137 e. The number of aliphatic imine (C=N–C) groups is 1. The fraction of sp³-hybridized carbons (Fsp3) is 0.391. The number of nitrogens with zero attached hydrogens (tertiary/aromatic N) is 3. The molecular weight excluding hydrogens is 367 g/mol. The summed E-state index contributed by atoms with van der Waals surface area (Å²) in [5.41, 5.74) is 3.98. The molecule has 0 unspecified atom stereocenters. The number of aliphatic hydroxyl groups is 1. The highest BCUT2D eigenvalue weighted by Gasteiger charge is 2.22. The van der Waals surface area contributed by atoms with Crippen molar-refractivity contribution in [3.05, 3.63) is 58.4 Å². The maximum atomic E-state index is 13.5. The topological polar surface area (TPSA) is 66.2 Å². The second kappa shape index (κ2) is 7.59. The number of aliphatic hydroxyl groups excluding tert-OH is 1. The summed E-state index contributed by atoms with van der Waals surface area (Å²) in [6.07, 6.45) is 16.2.